The molecular weight excluding hydrogens is 256 g/mol. The van der Waals surface area contributed by atoms with Gasteiger partial charge in [0.1, 0.15) is 0 Å². The summed E-state index contributed by atoms with van der Waals surface area (Å²) >= 11 is 0. The Morgan fingerprint density at radius 2 is 2.10 bits per heavy atom. The van der Waals surface area contributed by atoms with Crippen LogP contribution in [-0.2, 0) is 0 Å². The zero-order chi connectivity index (χ0) is 15.0. The Balaban J connectivity index is 2.77. The number of nitrogens with two attached hydrogens (primary N) is 1. The van der Waals surface area contributed by atoms with Crippen LogP contribution in [0.4, 0.5) is 0 Å². The molecule has 3 N–H and O–H groups in total. The Hall–Kier alpha value is -1.75. The van der Waals surface area contributed by atoms with E-state index in [4.69, 9.17) is 15.2 Å². The molecule has 1 unspecified atom stereocenters. The van der Waals surface area contributed by atoms with Crippen molar-refractivity contribution in [2.45, 2.75) is 19.8 Å². The van der Waals surface area contributed by atoms with Gasteiger partial charge in [0.25, 0.3) is 5.91 Å². The summed E-state index contributed by atoms with van der Waals surface area (Å²) in [6.45, 7) is 3.35. The second-order valence-electron chi connectivity index (χ2n) is 4.60. The Morgan fingerprint density at radius 1 is 1.35 bits per heavy atom. The third-order valence-corrected chi connectivity index (χ3v) is 3.35. The highest BCUT2D eigenvalue weighted by molar-refractivity contribution is 5.97. The van der Waals surface area contributed by atoms with Crippen LogP contribution in [0.5, 0.6) is 11.5 Å². The summed E-state index contributed by atoms with van der Waals surface area (Å²) in [6, 6.07) is 5.26. The molecule has 1 atom stereocenters. The van der Waals surface area contributed by atoms with Crippen molar-refractivity contribution in [3.8, 4) is 11.5 Å². The van der Waals surface area contributed by atoms with Crippen molar-refractivity contribution in [1.82, 2.24) is 5.32 Å². The molecule has 5 heteroatoms. The fraction of sp³-hybridized carbons (Fsp3) is 0.533. The lowest BCUT2D eigenvalue weighted by Crippen LogP contribution is -2.30. The molecule has 112 valence electrons. The summed E-state index contributed by atoms with van der Waals surface area (Å²) < 4.78 is 10.5. The van der Waals surface area contributed by atoms with Crippen molar-refractivity contribution in [1.29, 1.82) is 0 Å². The first kappa shape index (κ1) is 16.3. The van der Waals surface area contributed by atoms with Crippen molar-refractivity contribution < 1.29 is 14.3 Å². The number of ether oxygens (including phenoxy) is 2. The van der Waals surface area contributed by atoms with Crippen molar-refractivity contribution in [3.05, 3.63) is 23.8 Å². The van der Waals surface area contributed by atoms with Gasteiger partial charge < -0.3 is 20.5 Å². The van der Waals surface area contributed by atoms with Crippen LogP contribution in [0.3, 0.4) is 0 Å². The molecule has 0 saturated carbocycles. The minimum absolute atomic E-state index is 0.156. The van der Waals surface area contributed by atoms with Gasteiger partial charge in [0.05, 0.1) is 19.8 Å². The number of para-hydroxylation sites is 1. The minimum Gasteiger partial charge on any atom is -0.493 e. The maximum atomic E-state index is 12.2. The highest BCUT2D eigenvalue weighted by atomic mass is 16.5. The lowest BCUT2D eigenvalue weighted by molar-refractivity contribution is 0.0942. The molecule has 1 aromatic rings. The van der Waals surface area contributed by atoms with E-state index in [2.05, 4.69) is 12.2 Å². The third kappa shape index (κ3) is 4.13. The number of amides is 1. The molecule has 0 radical (unpaired) electrons. The summed E-state index contributed by atoms with van der Waals surface area (Å²) in [4.78, 5) is 12.2. The number of methoxy groups -OCH3 is 2. The van der Waals surface area contributed by atoms with Crippen molar-refractivity contribution in [3.63, 3.8) is 0 Å². The van der Waals surface area contributed by atoms with Crippen LogP contribution >= 0.6 is 0 Å². The van der Waals surface area contributed by atoms with Gasteiger partial charge in [-0.1, -0.05) is 19.4 Å². The van der Waals surface area contributed by atoms with Crippen LogP contribution in [0.1, 0.15) is 30.1 Å². The second kappa shape index (κ2) is 8.43. The summed E-state index contributed by atoms with van der Waals surface area (Å²) in [7, 11) is 3.08. The maximum Gasteiger partial charge on any atom is 0.255 e. The maximum absolute atomic E-state index is 12.2. The van der Waals surface area contributed by atoms with Crippen molar-refractivity contribution in [2.75, 3.05) is 27.3 Å². The van der Waals surface area contributed by atoms with E-state index in [1.807, 2.05) is 0 Å². The van der Waals surface area contributed by atoms with Gasteiger partial charge in [-0.05, 0) is 31.0 Å². The number of hydrogen-bond donors (Lipinski definition) is 2. The molecule has 0 aromatic heterocycles. The molecular formula is C15H24N2O3. The van der Waals surface area contributed by atoms with Crippen LogP contribution in [0.15, 0.2) is 18.2 Å². The van der Waals surface area contributed by atoms with Crippen molar-refractivity contribution in [2.24, 2.45) is 11.7 Å². The molecule has 1 rings (SSSR count). The van der Waals surface area contributed by atoms with Gasteiger partial charge in [-0.3, -0.25) is 4.79 Å². The Labute approximate surface area is 120 Å². The Bertz CT molecular complexity index is 435. The van der Waals surface area contributed by atoms with Gasteiger partial charge >= 0.3 is 0 Å². The van der Waals surface area contributed by atoms with Gasteiger partial charge in [-0.25, -0.2) is 0 Å². The fourth-order valence-electron chi connectivity index (χ4n) is 2.08. The van der Waals surface area contributed by atoms with Crippen molar-refractivity contribution >= 4 is 5.91 Å². The van der Waals surface area contributed by atoms with E-state index < -0.39 is 0 Å². The molecule has 1 aromatic carbocycles. The van der Waals surface area contributed by atoms with Crippen LogP contribution < -0.4 is 20.5 Å². The predicted octanol–water partition coefficient (Wildman–Crippen LogP) is 1.81. The van der Waals surface area contributed by atoms with E-state index in [-0.39, 0.29) is 5.91 Å². The first-order valence-corrected chi connectivity index (χ1v) is 6.87. The number of carbonyl (C=O) groups is 1. The number of benzene rings is 1. The van der Waals surface area contributed by atoms with E-state index in [0.717, 1.165) is 12.8 Å². The summed E-state index contributed by atoms with van der Waals surface area (Å²) in [5, 5.41) is 2.93. The molecule has 0 spiro atoms. The molecule has 0 aliphatic rings. The van der Waals surface area contributed by atoms with E-state index >= 15 is 0 Å². The minimum atomic E-state index is -0.156. The monoisotopic (exact) mass is 280 g/mol. The summed E-state index contributed by atoms with van der Waals surface area (Å²) in [6.07, 6.45) is 1.90. The summed E-state index contributed by atoms with van der Waals surface area (Å²) in [5.41, 5.74) is 6.04. The van der Waals surface area contributed by atoms with Crippen LogP contribution in [-0.4, -0.2) is 33.2 Å². The normalized spacial score (nSPS) is 11.8. The molecule has 0 bridgehead atoms. The van der Waals surface area contributed by atoms with Gasteiger partial charge in [0.2, 0.25) is 0 Å². The Kier molecular flexibility index (Phi) is 6.87. The average molecular weight is 280 g/mol. The zero-order valence-corrected chi connectivity index (χ0v) is 12.4. The third-order valence-electron chi connectivity index (χ3n) is 3.35. The summed E-state index contributed by atoms with van der Waals surface area (Å²) in [5.74, 6) is 1.25. The SMILES string of the molecule is CCC(CCN)CNC(=O)c1cccc(OC)c1OC. The lowest BCUT2D eigenvalue weighted by atomic mass is 10.0. The largest absolute Gasteiger partial charge is 0.493 e. The van der Waals surface area contributed by atoms with E-state index in [9.17, 15) is 4.79 Å². The molecule has 0 saturated heterocycles. The van der Waals surface area contributed by atoms with Crippen LogP contribution in [0, 0.1) is 5.92 Å². The standard InChI is InChI=1S/C15H24N2O3/c1-4-11(8-9-16)10-17-15(18)12-6-5-7-13(19-2)14(12)20-3/h5-7,11H,4,8-10,16H2,1-3H3,(H,17,18). The Morgan fingerprint density at radius 3 is 2.65 bits per heavy atom. The quantitative estimate of drug-likeness (QED) is 0.761. The van der Waals surface area contributed by atoms with Crippen LogP contribution in [0.2, 0.25) is 0 Å². The predicted molar refractivity (Wildman–Crippen MR) is 79.3 cm³/mol. The van der Waals surface area contributed by atoms with Gasteiger partial charge in [0.15, 0.2) is 11.5 Å². The number of nitrogens with one attached hydrogen (secondary N) is 1. The number of carbonyl (C=O) groups excluding carboxylic acids is 1. The smallest absolute Gasteiger partial charge is 0.255 e. The number of rotatable bonds is 8. The first-order chi connectivity index (χ1) is 9.67. The highest BCUT2D eigenvalue weighted by Gasteiger charge is 2.17. The van der Waals surface area contributed by atoms with E-state index in [1.54, 1.807) is 25.3 Å². The van der Waals surface area contributed by atoms with E-state index in [0.29, 0.717) is 36.1 Å². The number of hydrogen-bond acceptors (Lipinski definition) is 4. The molecule has 20 heavy (non-hydrogen) atoms. The van der Waals surface area contributed by atoms with Gasteiger partial charge in [-0.2, -0.15) is 0 Å². The molecule has 0 aliphatic heterocycles. The zero-order valence-electron chi connectivity index (χ0n) is 12.4. The molecule has 0 heterocycles. The second-order valence-corrected chi connectivity index (χ2v) is 4.60. The van der Waals surface area contributed by atoms with E-state index in [1.165, 1.54) is 7.11 Å². The molecule has 0 fully saturated rings. The molecule has 0 aliphatic carbocycles. The first-order valence-electron chi connectivity index (χ1n) is 6.87. The fourth-order valence-corrected chi connectivity index (χ4v) is 2.08. The average Bonchev–Trinajstić information content (AvgIpc) is 2.49. The van der Waals surface area contributed by atoms with Crippen LogP contribution in [0.25, 0.3) is 0 Å². The highest BCUT2D eigenvalue weighted by Crippen LogP contribution is 2.30. The van der Waals surface area contributed by atoms with Gasteiger partial charge in [0, 0.05) is 6.54 Å². The topological polar surface area (TPSA) is 73.6 Å². The molecule has 1 amide bonds. The molecule has 5 nitrogen and oxygen atoms in total. The lowest BCUT2D eigenvalue weighted by Gasteiger charge is -2.16. The van der Waals surface area contributed by atoms with Gasteiger partial charge in [-0.15, -0.1) is 0 Å².